The van der Waals surface area contributed by atoms with E-state index in [9.17, 15) is 28.7 Å². The largest absolute Gasteiger partial charge is 0.504 e. The molecule has 4 aliphatic rings. The highest BCUT2D eigenvalue weighted by atomic mass is 35.5. The van der Waals surface area contributed by atoms with Crippen LogP contribution in [0.1, 0.15) is 50.7 Å². The van der Waals surface area contributed by atoms with Crippen molar-refractivity contribution in [3.8, 4) is 11.5 Å². The summed E-state index contributed by atoms with van der Waals surface area (Å²) in [5, 5.41) is 11.3. The van der Waals surface area contributed by atoms with Gasteiger partial charge in [0.05, 0.1) is 46.2 Å². The van der Waals surface area contributed by atoms with Crippen molar-refractivity contribution in [3.63, 3.8) is 0 Å². The first-order valence-electron chi connectivity index (χ1n) is 16.0. The number of hydrogen-bond donors (Lipinski definition) is 1. The van der Waals surface area contributed by atoms with Crippen molar-refractivity contribution in [3.05, 3.63) is 94.3 Å². The van der Waals surface area contributed by atoms with Gasteiger partial charge < -0.3 is 9.84 Å². The highest BCUT2D eigenvalue weighted by Crippen LogP contribution is 2.65. The molecule has 7 rings (SSSR count). The third-order valence-electron chi connectivity index (χ3n) is 10.7. The maximum absolute atomic E-state index is 14.6. The molecular formula is C37H34ClFN2O6. The molecule has 6 atom stereocenters. The number of imide groups is 2. The summed E-state index contributed by atoms with van der Waals surface area (Å²) in [7, 11) is 0. The Morgan fingerprint density at radius 1 is 0.936 bits per heavy atom. The number of hydrogen-bond acceptors (Lipinski definition) is 6. The number of fused-ring (bicyclic) bond motifs is 4. The molecule has 3 fully saturated rings. The third kappa shape index (κ3) is 4.46. The number of para-hydroxylation sites is 1. The van der Waals surface area contributed by atoms with Gasteiger partial charge in [0, 0.05) is 11.5 Å². The summed E-state index contributed by atoms with van der Waals surface area (Å²) in [5.41, 5.74) is 1.45. The molecule has 3 aromatic carbocycles. The van der Waals surface area contributed by atoms with Gasteiger partial charge in [0.2, 0.25) is 23.6 Å². The Labute approximate surface area is 276 Å². The molecule has 3 aromatic rings. The molecule has 0 aromatic heterocycles. The average molecular weight is 657 g/mol. The normalized spacial score (nSPS) is 28.3. The SMILES string of the molecule is CCOc1cccc(C2C3=CCC4C(=O)N(c5ccc(CC)cc5)C(=O)C4C3CC3C(=O)N(c4ccc(F)c(Cl)c4)C(=O)C32C)c1O. The molecule has 0 spiro atoms. The van der Waals surface area contributed by atoms with Crippen LogP contribution in [0.4, 0.5) is 15.8 Å². The van der Waals surface area contributed by atoms with E-state index in [1.165, 1.54) is 17.0 Å². The minimum Gasteiger partial charge on any atom is -0.504 e. The first kappa shape index (κ1) is 31.1. The van der Waals surface area contributed by atoms with Gasteiger partial charge in [0.1, 0.15) is 5.82 Å². The van der Waals surface area contributed by atoms with Crippen molar-refractivity contribution in [1.29, 1.82) is 0 Å². The van der Waals surface area contributed by atoms with Crippen molar-refractivity contribution < 1.29 is 33.4 Å². The molecule has 2 aliphatic carbocycles. The smallest absolute Gasteiger partial charge is 0.241 e. The number of rotatable bonds is 6. The van der Waals surface area contributed by atoms with Crippen molar-refractivity contribution in [2.75, 3.05) is 16.4 Å². The van der Waals surface area contributed by atoms with Crippen LogP contribution in [0.5, 0.6) is 11.5 Å². The Morgan fingerprint density at radius 2 is 1.66 bits per heavy atom. The van der Waals surface area contributed by atoms with Crippen molar-refractivity contribution in [2.45, 2.75) is 46.0 Å². The van der Waals surface area contributed by atoms with E-state index in [2.05, 4.69) is 0 Å². The fraction of sp³-hybridized carbons (Fsp3) is 0.351. The van der Waals surface area contributed by atoms with Gasteiger partial charge in [-0.25, -0.2) is 9.29 Å². The maximum Gasteiger partial charge on any atom is 0.241 e. The lowest BCUT2D eigenvalue weighted by molar-refractivity contribution is -0.131. The van der Waals surface area contributed by atoms with Gasteiger partial charge in [-0.3, -0.25) is 24.1 Å². The van der Waals surface area contributed by atoms with Gasteiger partial charge in [-0.05, 0) is 81.0 Å². The van der Waals surface area contributed by atoms with E-state index in [4.69, 9.17) is 16.3 Å². The molecule has 2 aliphatic heterocycles. The van der Waals surface area contributed by atoms with Crippen LogP contribution in [0.3, 0.4) is 0 Å². The number of phenols is 1. The summed E-state index contributed by atoms with van der Waals surface area (Å²) in [6, 6.07) is 16.1. The van der Waals surface area contributed by atoms with Crippen LogP contribution in [0, 0.1) is 34.9 Å². The number of amides is 4. The zero-order chi connectivity index (χ0) is 33.4. The van der Waals surface area contributed by atoms with Crippen molar-refractivity contribution >= 4 is 46.6 Å². The summed E-state index contributed by atoms with van der Waals surface area (Å²) in [5.74, 6) is -5.95. The average Bonchev–Trinajstić information content (AvgIpc) is 3.43. The summed E-state index contributed by atoms with van der Waals surface area (Å²) in [4.78, 5) is 59.4. The van der Waals surface area contributed by atoms with Gasteiger partial charge in [-0.15, -0.1) is 0 Å². The molecule has 4 amide bonds. The standard InChI is InChI=1S/C37H34ClFN2O6/c1-4-19-9-11-20(12-10-19)40-33(43)23-15-14-22-25(30(23)35(40)45)18-26-34(44)41(21-13-16-28(39)27(38)17-21)36(46)37(26,3)31(22)24-7-6-8-29(32(24)42)47-5-2/h6-14,16-17,23,25-26,30-31,42H,4-5,15,18H2,1-3H3. The number of nitrogens with zero attached hydrogens (tertiary/aromatic N) is 2. The van der Waals surface area contributed by atoms with Crippen LogP contribution < -0.4 is 14.5 Å². The second kappa shape index (κ2) is 11.3. The van der Waals surface area contributed by atoms with Crippen molar-refractivity contribution in [1.82, 2.24) is 0 Å². The van der Waals surface area contributed by atoms with E-state index >= 15 is 0 Å². The Balaban J connectivity index is 1.37. The first-order chi connectivity index (χ1) is 22.5. The third-order valence-corrected chi connectivity index (χ3v) is 11.0. The number of ether oxygens (including phenoxy) is 1. The summed E-state index contributed by atoms with van der Waals surface area (Å²) >= 11 is 6.08. The van der Waals surface area contributed by atoms with Gasteiger partial charge in [-0.2, -0.15) is 0 Å². The van der Waals surface area contributed by atoms with Crippen LogP contribution in [0.25, 0.3) is 0 Å². The van der Waals surface area contributed by atoms with E-state index in [-0.39, 0.29) is 46.9 Å². The molecule has 1 saturated carbocycles. The monoisotopic (exact) mass is 656 g/mol. The number of carbonyl (C=O) groups excluding carboxylic acids is 4. The van der Waals surface area contributed by atoms with E-state index in [1.807, 2.05) is 25.1 Å². The van der Waals surface area contributed by atoms with E-state index in [0.29, 0.717) is 17.9 Å². The number of halogens is 2. The van der Waals surface area contributed by atoms with Crippen LogP contribution in [0.15, 0.2) is 72.3 Å². The summed E-state index contributed by atoms with van der Waals surface area (Å²) in [6.45, 7) is 5.82. The minimum absolute atomic E-state index is 0.136. The van der Waals surface area contributed by atoms with E-state index in [0.717, 1.165) is 28.5 Å². The van der Waals surface area contributed by atoms with Crippen LogP contribution in [0.2, 0.25) is 5.02 Å². The Kier molecular flexibility index (Phi) is 7.50. The molecule has 8 nitrogen and oxygen atoms in total. The highest BCUT2D eigenvalue weighted by molar-refractivity contribution is 6.32. The minimum atomic E-state index is -1.39. The summed E-state index contributed by atoms with van der Waals surface area (Å²) < 4.78 is 19.8. The Hall–Kier alpha value is -4.50. The lowest BCUT2D eigenvalue weighted by Crippen LogP contribution is -2.48. The van der Waals surface area contributed by atoms with Gasteiger partial charge in [0.25, 0.3) is 0 Å². The number of benzene rings is 3. The van der Waals surface area contributed by atoms with Crippen molar-refractivity contribution in [2.24, 2.45) is 29.1 Å². The van der Waals surface area contributed by atoms with Gasteiger partial charge in [-0.1, -0.05) is 54.4 Å². The lowest BCUT2D eigenvalue weighted by Gasteiger charge is -2.49. The lowest BCUT2D eigenvalue weighted by atomic mass is 9.51. The number of allylic oxidation sites excluding steroid dienone is 2. The molecule has 0 bridgehead atoms. The number of anilines is 2. The fourth-order valence-electron chi connectivity index (χ4n) is 8.41. The highest BCUT2D eigenvalue weighted by Gasteiger charge is 2.68. The van der Waals surface area contributed by atoms with Crippen LogP contribution >= 0.6 is 11.6 Å². The predicted octanol–water partition coefficient (Wildman–Crippen LogP) is 6.58. The van der Waals surface area contributed by atoms with Gasteiger partial charge in [0.15, 0.2) is 11.5 Å². The molecule has 10 heteroatoms. The molecular weight excluding hydrogens is 623 g/mol. The zero-order valence-electron chi connectivity index (χ0n) is 26.2. The van der Waals surface area contributed by atoms with Crippen LogP contribution in [-0.4, -0.2) is 35.3 Å². The van der Waals surface area contributed by atoms with E-state index in [1.54, 1.807) is 44.2 Å². The molecule has 2 saturated heterocycles. The number of aromatic hydroxyl groups is 1. The topological polar surface area (TPSA) is 104 Å². The molecule has 0 radical (unpaired) electrons. The first-order valence-corrected chi connectivity index (χ1v) is 16.3. The summed E-state index contributed by atoms with van der Waals surface area (Å²) in [6.07, 6.45) is 3.15. The fourth-order valence-corrected chi connectivity index (χ4v) is 8.58. The molecule has 1 N–H and O–H groups in total. The molecule has 6 unspecified atom stereocenters. The maximum atomic E-state index is 14.6. The molecule has 47 heavy (non-hydrogen) atoms. The van der Waals surface area contributed by atoms with Crippen LogP contribution in [-0.2, 0) is 25.6 Å². The Bertz CT molecular complexity index is 1870. The molecule has 242 valence electrons. The quantitative estimate of drug-likeness (QED) is 0.237. The number of phenolic OH excluding ortho intramolecular Hbond substituents is 1. The molecule has 2 heterocycles. The number of aryl methyl sites for hydroxylation is 1. The predicted molar refractivity (Wildman–Crippen MR) is 174 cm³/mol. The van der Waals surface area contributed by atoms with E-state index < -0.39 is 52.6 Å². The number of carbonyl (C=O) groups is 4. The van der Waals surface area contributed by atoms with Gasteiger partial charge >= 0.3 is 0 Å². The Morgan fingerprint density at radius 3 is 2.34 bits per heavy atom. The second-order valence-electron chi connectivity index (χ2n) is 12.9. The second-order valence-corrected chi connectivity index (χ2v) is 13.3. The zero-order valence-corrected chi connectivity index (χ0v) is 27.0.